The normalized spacial score (nSPS) is 14.0. The monoisotopic (exact) mass is 1060 g/mol. The average Bonchev–Trinajstić information content (AvgIpc) is 3.39. The van der Waals surface area contributed by atoms with Crippen molar-refractivity contribution in [1.82, 2.24) is 0 Å². The smallest absolute Gasteiger partial charge is 0.461 e. The van der Waals surface area contributed by atoms with Gasteiger partial charge in [-0.2, -0.15) is 0 Å². The van der Waals surface area contributed by atoms with Gasteiger partial charge in [0.1, 0.15) is 12.7 Å². The standard InChI is InChI=1S/C62H107O11P/c1-4-7-10-13-16-19-22-25-28-29-32-35-38-41-44-47-50-53-62(66)73-59(55-69-60(64)51-48-45-42-39-36-33-30-26-23-20-17-14-11-8-5-2)57-71-74(67,68)70-56-58(54-63)72-61(65)52-49-46-43-40-37-34-31-27-24-21-18-15-12-9-6-3/h8,11,17,20,25-28,30-31,36,39,45,48,58-59,63H,4-7,9-10,12-16,18-19,21-24,29,32-35,37-38,40-44,46-47,49-57H2,1-3H3,(H,67,68)/b11-8-,20-17-,28-25-,30-26-,31-27-,39-36-,48-45-. The van der Waals surface area contributed by atoms with Crippen LogP contribution in [0.5, 0.6) is 0 Å². The number of rotatable bonds is 54. The molecule has 0 rings (SSSR count). The first kappa shape index (κ1) is 70.7. The number of aliphatic hydroxyl groups is 1. The molecule has 12 heteroatoms. The number of phosphoric acid groups is 1. The van der Waals surface area contributed by atoms with E-state index in [1.807, 2.05) is 12.2 Å². The molecule has 0 spiro atoms. The summed E-state index contributed by atoms with van der Waals surface area (Å²) in [6.45, 7) is 4.41. The predicted octanol–water partition coefficient (Wildman–Crippen LogP) is 17.5. The third-order valence-electron chi connectivity index (χ3n) is 12.3. The molecule has 0 saturated carbocycles. The van der Waals surface area contributed by atoms with Crippen molar-refractivity contribution in [1.29, 1.82) is 0 Å². The summed E-state index contributed by atoms with van der Waals surface area (Å²) in [6.07, 6.45) is 64.2. The van der Waals surface area contributed by atoms with Gasteiger partial charge >= 0.3 is 25.7 Å². The van der Waals surface area contributed by atoms with Crippen LogP contribution in [0.3, 0.4) is 0 Å². The van der Waals surface area contributed by atoms with Crippen LogP contribution in [-0.2, 0) is 42.2 Å². The van der Waals surface area contributed by atoms with Gasteiger partial charge < -0.3 is 24.2 Å². The second-order valence-corrected chi connectivity index (χ2v) is 20.9. The molecule has 3 atom stereocenters. The van der Waals surface area contributed by atoms with E-state index in [0.717, 1.165) is 96.3 Å². The minimum Gasteiger partial charge on any atom is -0.461 e. The number of aliphatic hydroxyl groups excluding tert-OH is 1. The Bertz CT molecular complexity index is 1560. The van der Waals surface area contributed by atoms with Crippen molar-refractivity contribution >= 4 is 25.7 Å². The molecule has 11 nitrogen and oxygen atoms in total. The molecule has 0 aliphatic heterocycles. The molecule has 0 aliphatic rings. The highest BCUT2D eigenvalue weighted by Crippen LogP contribution is 2.43. The first-order valence-corrected chi connectivity index (χ1v) is 31.0. The fourth-order valence-electron chi connectivity index (χ4n) is 7.83. The van der Waals surface area contributed by atoms with Crippen molar-refractivity contribution in [2.75, 3.05) is 26.4 Å². The highest BCUT2D eigenvalue weighted by molar-refractivity contribution is 7.47. The summed E-state index contributed by atoms with van der Waals surface area (Å²) in [6, 6.07) is 0. The second kappa shape index (κ2) is 55.9. The zero-order valence-corrected chi connectivity index (χ0v) is 47.9. The molecule has 0 saturated heterocycles. The second-order valence-electron chi connectivity index (χ2n) is 19.4. The summed E-state index contributed by atoms with van der Waals surface area (Å²) >= 11 is 0. The number of hydrogen-bond donors (Lipinski definition) is 2. The van der Waals surface area contributed by atoms with E-state index < -0.39 is 64.4 Å². The van der Waals surface area contributed by atoms with E-state index >= 15 is 0 Å². The lowest BCUT2D eigenvalue weighted by atomic mass is 10.1. The number of hydrogen-bond acceptors (Lipinski definition) is 10. The number of carbonyl (C=O) groups is 3. The maximum absolute atomic E-state index is 12.9. The van der Waals surface area contributed by atoms with Crippen LogP contribution in [0.25, 0.3) is 0 Å². The van der Waals surface area contributed by atoms with Gasteiger partial charge in [0.05, 0.1) is 26.2 Å². The van der Waals surface area contributed by atoms with Crippen molar-refractivity contribution in [2.45, 2.75) is 264 Å². The zero-order valence-electron chi connectivity index (χ0n) is 47.0. The molecule has 2 N–H and O–H groups in total. The third kappa shape index (κ3) is 53.5. The molecule has 0 aromatic carbocycles. The molecule has 0 heterocycles. The van der Waals surface area contributed by atoms with Gasteiger partial charge in [0, 0.05) is 12.8 Å². The number of esters is 3. The van der Waals surface area contributed by atoms with E-state index in [9.17, 15) is 28.9 Å². The lowest BCUT2D eigenvalue weighted by Crippen LogP contribution is -2.30. The van der Waals surface area contributed by atoms with Crippen LogP contribution in [0, 0.1) is 0 Å². The van der Waals surface area contributed by atoms with Crippen molar-refractivity contribution in [3.05, 3.63) is 85.1 Å². The third-order valence-corrected chi connectivity index (χ3v) is 13.3. The molecule has 0 bridgehead atoms. The summed E-state index contributed by atoms with van der Waals surface area (Å²) in [5.41, 5.74) is 0. The maximum Gasteiger partial charge on any atom is 0.472 e. The highest BCUT2D eigenvalue weighted by atomic mass is 31.2. The Hall–Kier alpha value is -3.34. The number of phosphoric ester groups is 1. The van der Waals surface area contributed by atoms with E-state index in [1.54, 1.807) is 6.08 Å². The van der Waals surface area contributed by atoms with Crippen molar-refractivity contribution in [3.63, 3.8) is 0 Å². The highest BCUT2D eigenvalue weighted by Gasteiger charge is 2.28. The average molecular weight is 1060 g/mol. The van der Waals surface area contributed by atoms with Gasteiger partial charge in [-0.05, 0) is 96.3 Å². The lowest BCUT2D eigenvalue weighted by molar-refractivity contribution is -0.161. The molecule has 0 aliphatic carbocycles. The summed E-state index contributed by atoms with van der Waals surface area (Å²) < 4.78 is 39.4. The largest absolute Gasteiger partial charge is 0.472 e. The number of carbonyl (C=O) groups excluding carboxylic acids is 3. The first-order chi connectivity index (χ1) is 36.2. The van der Waals surface area contributed by atoms with Gasteiger partial charge in [-0.15, -0.1) is 0 Å². The molecule has 426 valence electrons. The minimum absolute atomic E-state index is 0.00880. The van der Waals surface area contributed by atoms with E-state index in [-0.39, 0.29) is 19.3 Å². The van der Waals surface area contributed by atoms with Gasteiger partial charge in [-0.1, -0.05) is 221 Å². The van der Waals surface area contributed by atoms with Crippen LogP contribution in [0.15, 0.2) is 85.1 Å². The summed E-state index contributed by atoms with van der Waals surface area (Å²) in [5.74, 6) is -1.63. The van der Waals surface area contributed by atoms with Gasteiger partial charge in [-0.3, -0.25) is 23.4 Å². The molecule has 3 unspecified atom stereocenters. The lowest BCUT2D eigenvalue weighted by Gasteiger charge is -2.21. The maximum atomic E-state index is 12.9. The number of unbranched alkanes of at least 4 members (excludes halogenated alkanes) is 24. The Labute approximate surface area is 451 Å². The molecule has 0 fully saturated rings. The Morgan fingerprint density at radius 2 is 0.743 bits per heavy atom. The van der Waals surface area contributed by atoms with E-state index in [2.05, 4.69) is 87.6 Å². The summed E-state index contributed by atoms with van der Waals surface area (Å²) in [4.78, 5) is 48.5. The van der Waals surface area contributed by atoms with Gasteiger partial charge in [-0.25, -0.2) is 4.57 Å². The fraction of sp³-hybridized carbons (Fsp3) is 0.726. The number of ether oxygens (including phenoxy) is 3. The molecule has 0 amide bonds. The van der Waals surface area contributed by atoms with Crippen molar-refractivity contribution < 1.29 is 52.2 Å². The Kier molecular flexibility index (Phi) is 53.4. The molecular weight excluding hydrogens is 952 g/mol. The quantitative estimate of drug-likeness (QED) is 0.0197. The van der Waals surface area contributed by atoms with Crippen LogP contribution < -0.4 is 0 Å². The Balaban J connectivity index is 4.82. The summed E-state index contributed by atoms with van der Waals surface area (Å²) in [5, 5.41) is 9.82. The van der Waals surface area contributed by atoms with Crippen LogP contribution >= 0.6 is 7.82 Å². The zero-order chi connectivity index (χ0) is 54.1. The van der Waals surface area contributed by atoms with Crippen molar-refractivity contribution in [2.24, 2.45) is 0 Å². The SMILES string of the molecule is CC/C=C\C/C=C\C/C=C\C/C=C\C/C=C\CC(=O)OCC(COP(=O)(O)OCC(CO)OC(=O)CCCCCCC/C=C\CCCCCCCC)OC(=O)CCCCCCCCC/C=C\CCCCCCCC. The van der Waals surface area contributed by atoms with E-state index in [4.69, 9.17) is 23.3 Å². The molecular formula is C62H107O11P. The van der Waals surface area contributed by atoms with E-state index in [0.29, 0.717) is 19.3 Å². The van der Waals surface area contributed by atoms with Gasteiger partial charge in [0.2, 0.25) is 0 Å². The van der Waals surface area contributed by atoms with Crippen LogP contribution in [0.4, 0.5) is 0 Å². The predicted molar refractivity (Wildman–Crippen MR) is 307 cm³/mol. The first-order valence-electron chi connectivity index (χ1n) is 29.5. The van der Waals surface area contributed by atoms with Crippen molar-refractivity contribution in [3.8, 4) is 0 Å². The topological polar surface area (TPSA) is 155 Å². The Morgan fingerprint density at radius 1 is 0.405 bits per heavy atom. The molecule has 0 radical (unpaired) electrons. The van der Waals surface area contributed by atoms with Gasteiger partial charge in [0.25, 0.3) is 0 Å². The van der Waals surface area contributed by atoms with Crippen LogP contribution in [0.1, 0.15) is 252 Å². The van der Waals surface area contributed by atoms with Crippen LogP contribution in [-0.4, -0.2) is 66.5 Å². The minimum atomic E-state index is -4.77. The Morgan fingerprint density at radius 3 is 1.14 bits per heavy atom. The summed E-state index contributed by atoms with van der Waals surface area (Å²) in [7, 11) is -4.77. The molecule has 74 heavy (non-hydrogen) atoms. The molecule has 0 aromatic rings. The molecule has 0 aromatic heterocycles. The fourth-order valence-corrected chi connectivity index (χ4v) is 8.61. The van der Waals surface area contributed by atoms with Crippen LogP contribution in [0.2, 0.25) is 0 Å². The van der Waals surface area contributed by atoms with Gasteiger partial charge in [0.15, 0.2) is 6.10 Å². The van der Waals surface area contributed by atoms with E-state index in [1.165, 1.54) is 96.3 Å². The number of allylic oxidation sites excluding steroid dienone is 13.